The first-order valence-corrected chi connectivity index (χ1v) is 4.14. The summed E-state index contributed by atoms with van der Waals surface area (Å²) in [4.78, 5) is 13.3. The Balaban J connectivity index is 2.24. The maximum atomic E-state index is 11.6. The van der Waals surface area contributed by atoms with Gasteiger partial charge < -0.3 is 10.6 Å². The number of hydrogen-bond donors (Lipinski definition) is 1. The molecule has 6 heteroatoms. The maximum absolute atomic E-state index is 11.6. The van der Waals surface area contributed by atoms with E-state index in [1.54, 1.807) is 11.9 Å². The molecule has 0 unspecified atom stereocenters. The van der Waals surface area contributed by atoms with E-state index in [-0.39, 0.29) is 11.6 Å². The van der Waals surface area contributed by atoms with Gasteiger partial charge in [0.05, 0.1) is 0 Å². The number of anilines is 1. The first-order chi connectivity index (χ1) is 6.20. The van der Waals surface area contributed by atoms with Crippen LogP contribution in [-0.2, 0) is 7.05 Å². The molecule has 1 aromatic rings. The van der Waals surface area contributed by atoms with Gasteiger partial charge >= 0.3 is 0 Å². The van der Waals surface area contributed by atoms with Gasteiger partial charge in [0.15, 0.2) is 11.5 Å². The van der Waals surface area contributed by atoms with Crippen molar-refractivity contribution >= 4 is 11.7 Å². The molecule has 0 saturated carbocycles. The molecule has 2 N–H and O–H groups in total. The number of hydrogen-bond acceptors (Lipinski definition) is 4. The molecule has 0 aromatic carbocycles. The monoisotopic (exact) mass is 181 g/mol. The molecule has 1 aromatic heterocycles. The molecule has 1 aliphatic heterocycles. The van der Waals surface area contributed by atoms with E-state index in [4.69, 9.17) is 5.73 Å². The normalized spacial score (nSPS) is 15.6. The molecule has 0 radical (unpaired) electrons. The van der Waals surface area contributed by atoms with Crippen LogP contribution in [0.4, 0.5) is 5.82 Å². The molecule has 13 heavy (non-hydrogen) atoms. The van der Waals surface area contributed by atoms with Gasteiger partial charge in [0.25, 0.3) is 5.91 Å². The zero-order chi connectivity index (χ0) is 9.42. The van der Waals surface area contributed by atoms with Crippen molar-refractivity contribution in [1.29, 1.82) is 0 Å². The van der Waals surface area contributed by atoms with Gasteiger partial charge in [0.1, 0.15) is 0 Å². The second-order valence-electron chi connectivity index (χ2n) is 3.09. The van der Waals surface area contributed by atoms with Gasteiger partial charge in [-0.05, 0) is 6.42 Å². The summed E-state index contributed by atoms with van der Waals surface area (Å²) in [6.45, 7) is 1.60. The minimum atomic E-state index is -0.114. The van der Waals surface area contributed by atoms with E-state index in [0.29, 0.717) is 5.82 Å². The molecule has 1 saturated heterocycles. The summed E-state index contributed by atoms with van der Waals surface area (Å²) in [6, 6.07) is 0. The lowest BCUT2D eigenvalue weighted by Crippen LogP contribution is -2.42. The quantitative estimate of drug-likeness (QED) is 0.618. The Labute approximate surface area is 75.3 Å². The number of nitrogens with zero attached hydrogens (tertiary/aromatic N) is 4. The van der Waals surface area contributed by atoms with Crippen molar-refractivity contribution in [2.75, 3.05) is 18.8 Å². The number of likely N-dealkylation sites (tertiary alicyclic amines) is 1. The van der Waals surface area contributed by atoms with Crippen molar-refractivity contribution in [2.45, 2.75) is 6.42 Å². The molecule has 1 aliphatic rings. The van der Waals surface area contributed by atoms with Gasteiger partial charge in [-0.2, -0.15) is 0 Å². The minimum absolute atomic E-state index is 0.114. The molecule has 0 atom stereocenters. The number of aryl methyl sites for hydroxylation is 1. The van der Waals surface area contributed by atoms with Crippen LogP contribution in [0, 0.1) is 0 Å². The molecular weight excluding hydrogens is 170 g/mol. The Morgan fingerprint density at radius 2 is 2.23 bits per heavy atom. The number of carbonyl (C=O) groups excluding carboxylic acids is 1. The van der Waals surface area contributed by atoms with Crippen LogP contribution in [0.2, 0.25) is 0 Å². The third kappa shape index (κ3) is 1.14. The van der Waals surface area contributed by atoms with E-state index in [9.17, 15) is 4.79 Å². The molecule has 2 heterocycles. The van der Waals surface area contributed by atoms with Crippen LogP contribution in [0.3, 0.4) is 0 Å². The summed E-state index contributed by atoms with van der Waals surface area (Å²) in [7, 11) is 1.66. The zero-order valence-electron chi connectivity index (χ0n) is 7.40. The van der Waals surface area contributed by atoms with Gasteiger partial charge in [-0.1, -0.05) is 5.21 Å². The average Bonchev–Trinajstić information content (AvgIpc) is 2.29. The Morgan fingerprint density at radius 3 is 2.62 bits per heavy atom. The Hall–Kier alpha value is -1.59. The lowest BCUT2D eigenvalue weighted by atomic mass is 10.2. The van der Waals surface area contributed by atoms with E-state index in [1.165, 1.54) is 4.68 Å². The fourth-order valence-corrected chi connectivity index (χ4v) is 1.19. The molecule has 0 spiro atoms. The lowest BCUT2D eigenvalue weighted by Gasteiger charge is -2.29. The van der Waals surface area contributed by atoms with Crippen LogP contribution in [0.15, 0.2) is 0 Å². The first-order valence-electron chi connectivity index (χ1n) is 4.14. The Morgan fingerprint density at radius 1 is 1.54 bits per heavy atom. The molecular formula is C7H11N5O. The number of rotatable bonds is 1. The Bertz CT molecular complexity index is 341. The highest BCUT2D eigenvalue weighted by molar-refractivity contribution is 5.96. The predicted octanol–water partition coefficient (Wildman–Crippen LogP) is -0.757. The standard InChI is InChI=1S/C7H11N5O/c1-11-6(8)5(9-10-11)7(13)12-3-2-4-12/h2-4,8H2,1H3. The number of amides is 1. The summed E-state index contributed by atoms with van der Waals surface area (Å²) in [5, 5.41) is 7.39. The fraction of sp³-hybridized carbons (Fsp3) is 0.571. The largest absolute Gasteiger partial charge is 0.382 e. The summed E-state index contributed by atoms with van der Waals surface area (Å²) < 4.78 is 1.40. The van der Waals surface area contributed by atoms with Crippen LogP contribution in [0.25, 0.3) is 0 Å². The van der Waals surface area contributed by atoms with Gasteiger partial charge in [-0.3, -0.25) is 4.79 Å². The van der Waals surface area contributed by atoms with Gasteiger partial charge in [0.2, 0.25) is 0 Å². The van der Waals surface area contributed by atoms with Crippen molar-refractivity contribution in [3.63, 3.8) is 0 Å². The zero-order valence-corrected chi connectivity index (χ0v) is 7.40. The molecule has 6 nitrogen and oxygen atoms in total. The third-order valence-electron chi connectivity index (χ3n) is 2.22. The second kappa shape index (κ2) is 2.72. The third-order valence-corrected chi connectivity index (χ3v) is 2.22. The van der Waals surface area contributed by atoms with Gasteiger partial charge in [-0.25, -0.2) is 4.68 Å². The number of carbonyl (C=O) groups is 1. The van der Waals surface area contributed by atoms with E-state index in [0.717, 1.165) is 19.5 Å². The van der Waals surface area contributed by atoms with E-state index in [1.807, 2.05) is 0 Å². The molecule has 70 valence electrons. The SMILES string of the molecule is Cn1nnc(C(=O)N2CCC2)c1N. The van der Waals surface area contributed by atoms with Crippen LogP contribution in [0.5, 0.6) is 0 Å². The van der Waals surface area contributed by atoms with Crippen molar-refractivity contribution in [3.05, 3.63) is 5.69 Å². The summed E-state index contributed by atoms with van der Waals surface area (Å²) >= 11 is 0. The van der Waals surface area contributed by atoms with Crippen molar-refractivity contribution in [1.82, 2.24) is 19.9 Å². The number of nitrogen functional groups attached to an aromatic ring is 1. The summed E-state index contributed by atoms with van der Waals surface area (Å²) in [5.41, 5.74) is 5.88. The maximum Gasteiger partial charge on any atom is 0.278 e. The van der Waals surface area contributed by atoms with Crippen molar-refractivity contribution in [2.24, 2.45) is 7.05 Å². The molecule has 2 rings (SSSR count). The highest BCUT2D eigenvalue weighted by Crippen LogP contribution is 2.14. The number of nitrogens with two attached hydrogens (primary N) is 1. The van der Waals surface area contributed by atoms with E-state index >= 15 is 0 Å². The molecule has 1 fully saturated rings. The van der Waals surface area contributed by atoms with Crippen LogP contribution < -0.4 is 5.73 Å². The highest BCUT2D eigenvalue weighted by Gasteiger charge is 2.26. The molecule has 0 bridgehead atoms. The first kappa shape index (κ1) is 8.03. The van der Waals surface area contributed by atoms with Crippen molar-refractivity contribution < 1.29 is 4.79 Å². The second-order valence-corrected chi connectivity index (χ2v) is 3.09. The smallest absolute Gasteiger partial charge is 0.278 e. The van der Waals surface area contributed by atoms with E-state index < -0.39 is 0 Å². The fourth-order valence-electron chi connectivity index (χ4n) is 1.19. The van der Waals surface area contributed by atoms with Gasteiger partial charge in [0, 0.05) is 20.1 Å². The summed E-state index contributed by atoms with van der Waals surface area (Å²) in [5.74, 6) is 0.216. The summed E-state index contributed by atoms with van der Waals surface area (Å²) in [6.07, 6.45) is 1.06. The van der Waals surface area contributed by atoms with Crippen LogP contribution >= 0.6 is 0 Å². The Kier molecular flexibility index (Phi) is 1.68. The van der Waals surface area contributed by atoms with E-state index in [2.05, 4.69) is 10.3 Å². The lowest BCUT2D eigenvalue weighted by molar-refractivity contribution is 0.0646. The highest BCUT2D eigenvalue weighted by atomic mass is 16.2. The van der Waals surface area contributed by atoms with Gasteiger partial charge in [-0.15, -0.1) is 5.10 Å². The average molecular weight is 181 g/mol. The van der Waals surface area contributed by atoms with Crippen LogP contribution in [0.1, 0.15) is 16.9 Å². The molecule has 0 aliphatic carbocycles. The number of aromatic nitrogens is 3. The van der Waals surface area contributed by atoms with Crippen molar-refractivity contribution in [3.8, 4) is 0 Å². The van der Waals surface area contributed by atoms with Crippen LogP contribution in [-0.4, -0.2) is 38.9 Å². The molecule has 1 amide bonds. The minimum Gasteiger partial charge on any atom is -0.382 e. The topological polar surface area (TPSA) is 77.0 Å². The predicted molar refractivity (Wildman–Crippen MR) is 45.9 cm³/mol.